The number of esters is 2. The normalized spacial score (nSPS) is 22.1. The Morgan fingerprint density at radius 3 is 2.50 bits per heavy atom. The largest absolute Gasteiger partial charge is 0.489 e. The summed E-state index contributed by atoms with van der Waals surface area (Å²) in [6.07, 6.45) is 8.28. The van der Waals surface area contributed by atoms with Crippen LogP contribution in [0.25, 0.3) is 16.9 Å². The number of hydrogen-bond donors (Lipinski definition) is 2. The average Bonchev–Trinajstić information content (AvgIpc) is 3.79. The summed E-state index contributed by atoms with van der Waals surface area (Å²) in [5.74, 6) is 0.213. The number of amides is 3. The number of imide groups is 1. The second kappa shape index (κ2) is 19.1. The molecule has 0 radical (unpaired) electrons. The van der Waals surface area contributed by atoms with Gasteiger partial charge >= 0.3 is 11.9 Å². The van der Waals surface area contributed by atoms with E-state index >= 15 is 0 Å². The van der Waals surface area contributed by atoms with E-state index in [9.17, 15) is 24.0 Å². The van der Waals surface area contributed by atoms with E-state index in [2.05, 4.69) is 36.5 Å². The van der Waals surface area contributed by atoms with E-state index in [4.69, 9.17) is 24.7 Å². The molecule has 3 amide bonds. The lowest BCUT2D eigenvalue weighted by Gasteiger charge is -2.40. The molecule has 9 rings (SSSR count). The van der Waals surface area contributed by atoms with Crippen LogP contribution >= 0.6 is 0 Å². The van der Waals surface area contributed by atoms with Gasteiger partial charge in [-0.2, -0.15) is 5.10 Å². The molecule has 64 heavy (non-hydrogen) atoms. The zero-order valence-electron chi connectivity index (χ0n) is 35.6. The number of rotatable bonds is 12. The molecule has 1 saturated carbocycles. The maximum atomic E-state index is 13.6. The summed E-state index contributed by atoms with van der Waals surface area (Å²) in [6, 6.07) is 14.3. The zero-order chi connectivity index (χ0) is 44.2. The second-order valence-electron chi connectivity index (χ2n) is 16.9. The summed E-state index contributed by atoms with van der Waals surface area (Å²) < 4.78 is 23.9. The number of nitrogen functional groups attached to an aromatic ring is 1. The summed E-state index contributed by atoms with van der Waals surface area (Å²) in [6.45, 7) is 5.28. The van der Waals surface area contributed by atoms with Gasteiger partial charge in [-0.3, -0.25) is 34.3 Å². The van der Waals surface area contributed by atoms with Crippen molar-refractivity contribution in [1.29, 1.82) is 0 Å². The van der Waals surface area contributed by atoms with Gasteiger partial charge in [-0.25, -0.2) is 9.48 Å². The van der Waals surface area contributed by atoms with E-state index in [1.54, 1.807) is 52.3 Å². The van der Waals surface area contributed by atoms with Crippen molar-refractivity contribution in [3.8, 4) is 28.4 Å². The third kappa shape index (κ3) is 9.56. The molecule has 1 atom stereocenters. The van der Waals surface area contributed by atoms with Crippen LogP contribution in [0.5, 0.6) is 11.5 Å². The van der Waals surface area contributed by atoms with Gasteiger partial charge in [0.05, 0.1) is 62.3 Å². The maximum Gasteiger partial charge on any atom is 0.349 e. The summed E-state index contributed by atoms with van der Waals surface area (Å²) >= 11 is 0. The molecule has 5 aliphatic rings. The van der Waals surface area contributed by atoms with Crippen LogP contribution in [-0.2, 0) is 33.4 Å². The second-order valence-corrected chi connectivity index (χ2v) is 16.9. The van der Waals surface area contributed by atoms with Gasteiger partial charge in [0.1, 0.15) is 29.8 Å². The number of hydrogen-bond acceptors (Lipinski definition) is 16. The van der Waals surface area contributed by atoms with Crippen molar-refractivity contribution in [2.45, 2.75) is 50.5 Å². The number of fused-ring (bicyclic) bond motifs is 1. The quantitative estimate of drug-likeness (QED) is 0.119. The Balaban J connectivity index is 0.779. The highest BCUT2D eigenvalue weighted by atomic mass is 16.6. The van der Waals surface area contributed by atoms with Crippen molar-refractivity contribution in [3.05, 3.63) is 66.5 Å². The number of benzene rings is 2. The zero-order valence-corrected chi connectivity index (χ0v) is 35.6. The molecule has 1 unspecified atom stereocenters. The Labute approximate surface area is 369 Å². The van der Waals surface area contributed by atoms with E-state index in [0.717, 1.165) is 50.2 Å². The fourth-order valence-electron chi connectivity index (χ4n) is 9.43. The first-order chi connectivity index (χ1) is 31.2. The summed E-state index contributed by atoms with van der Waals surface area (Å²) in [5.41, 5.74) is 10.3. The minimum absolute atomic E-state index is 0.0165. The number of ether oxygens (including phenoxy) is 4. The van der Waals surface area contributed by atoms with Gasteiger partial charge in [-0.15, -0.1) is 10.2 Å². The molecule has 0 spiro atoms. The smallest absolute Gasteiger partial charge is 0.349 e. The summed E-state index contributed by atoms with van der Waals surface area (Å²) in [7, 11) is 0. The Morgan fingerprint density at radius 2 is 1.69 bits per heavy atom. The first kappa shape index (κ1) is 42.8. The number of aromatic nitrogens is 4. The minimum Gasteiger partial charge on any atom is -0.489 e. The van der Waals surface area contributed by atoms with Gasteiger partial charge in [0.25, 0.3) is 0 Å². The molecule has 2 aromatic heterocycles. The lowest BCUT2D eigenvalue weighted by atomic mass is 9.78. The van der Waals surface area contributed by atoms with E-state index in [0.29, 0.717) is 99.9 Å². The third-order valence-corrected chi connectivity index (χ3v) is 12.7. The van der Waals surface area contributed by atoms with Crippen LogP contribution in [0, 0.1) is 5.92 Å². The highest BCUT2D eigenvalue weighted by Crippen LogP contribution is 2.45. The molecule has 0 bridgehead atoms. The van der Waals surface area contributed by atoms with E-state index in [1.165, 1.54) is 5.56 Å². The average molecular weight is 877 g/mol. The Hall–Kier alpha value is -6.44. The number of carbonyl (C=O) groups excluding carboxylic acids is 5. The number of anilines is 3. The van der Waals surface area contributed by atoms with Crippen LogP contribution in [-0.4, -0.2) is 144 Å². The topological polar surface area (TPSA) is 217 Å². The summed E-state index contributed by atoms with van der Waals surface area (Å²) in [5, 5.41) is 15.4. The monoisotopic (exact) mass is 876 g/mol. The van der Waals surface area contributed by atoms with Crippen LogP contribution in [0.3, 0.4) is 0 Å². The summed E-state index contributed by atoms with van der Waals surface area (Å²) in [4.78, 5) is 71.2. The predicted octanol–water partition coefficient (Wildman–Crippen LogP) is 2.32. The highest BCUT2D eigenvalue weighted by molar-refractivity contribution is 6.02. The Kier molecular flexibility index (Phi) is 12.8. The van der Waals surface area contributed by atoms with E-state index < -0.39 is 18.5 Å². The molecule has 19 nitrogen and oxygen atoms in total. The minimum atomic E-state index is -0.750. The molecule has 1 aliphatic carbocycles. The van der Waals surface area contributed by atoms with Crippen molar-refractivity contribution < 1.29 is 42.9 Å². The first-order valence-corrected chi connectivity index (χ1v) is 22.0. The molecular weight excluding hydrogens is 825 g/mol. The number of carbonyl (C=O) groups is 5. The number of piperidine rings is 1. The lowest BCUT2D eigenvalue weighted by Crippen LogP contribution is -2.54. The predicted molar refractivity (Wildman–Crippen MR) is 232 cm³/mol. The number of nitrogens with one attached hydrogen (secondary N) is 1. The van der Waals surface area contributed by atoms with Crippen molar-refractivity contribution in [2.75, 3.05) is 94.3 Å². The molecule has 6 heterocycles. The molecule has 4 aromatic rings. The molecular formula is C45H52N10O9. The van der Waals surface area contributed by atoms with Crippen LogP contribution in [0.15, 0.2) is 60.9 Å². The molecule has 19 heteroatoms. The number of para-hydroxylation sites is 2. The standard InChI is InChI=1S/C45H52N10O9/c46-44-37(22-34(49-50-44)33-4-1-2-7-38(33)64-42(59)28-63-41(58)27-51-16-19-61-20-17-51)55-25-31(23-47-55)53-15-14-52(26-40(53)57)24-29-8-10-30(11-9-29)32-5-3-6-35-43(32)62-21-18-54(35)36-12-13-39(56)48-45(36)60/h1-7,22-23,25,29-30,36H,8-21,24,26-28H2,(H2,46,50)(H,48,56,60). The van der Waals surface area contributed by atoms with E-state index in [1.807, 2.05) is 17.0 Å². The van der Waals surface area contributed by atoms with Gasteiger partial charge in [-0.05, 0) is 73.8 Å². The highest BCUT2D eigenvalue weighted by Gasteiger charge is 2.37. The fourth-order valence-corrected chi connectivity index (χ4v) is 9.43. The fraction of sp³-hybridized carbons (Fsp3) is 0.467. The van der Waals surface area contributed by atoms with Crippen LogP contribution in [0.4, 0.5) is 17.2 Å². The molecule has 3 N–H and O–H groups in total. The SMILES string of the molecule is Nc1nnc(-c2ccccc2OC(=O)COC(=O)CN2CCOCC2)cc1-n1cc(N2CCN(CC3CCC(c4cccc5c4OCCN5C4CCC(=O)NC4=O)CC3)CC2=O)cn1. The van der Waals surface area contributed by atoms with Crippen molar-refractivity contribution in [1.82, 2.24) is 35.1 Å². The number of nitrogens with zero attached hydrogens (tertiary/aromatic N) is 8. The van der Waals surface area contributed by atoms with Crippen molar-refractivity contribution in [2.24, 2.45) is 5.92 Å². The maximum absolute atomic E-state index is 13.6. The van der Waals surface area contributed by atoms with Gasteiger partial charge in [-0.1, -0.05) is 24.3 Å². The number of morpholine rings is 1. The lowest BCUT2D eigenvalue weighted by molar-refractivity contribution is -0.155. The van der Waals surface area contributed by atoms with Crippen molar-refractivity contribution >= 4 is 46.9 Å². The number of piperazine rings is 1. The van der Waals surface area contributed by atoms with Gasteiger partial charge in [0, 0.05) is 44.7 Å². The molecule has 4 aliphatic heterocycles. The van der Waals surface area contributed by atoms with Gasteiger partial charge in [0.2, 0.25) is 17.7 Å². The van der Waals surface area contributed by atoms with Gasteiger partial charge in [0.15, 0.2) is 12.4 Å². The molecule has 2 aromatic carbocycles. The Bertz CT molecular complexity index is 2400. The third-order valence-electron chi connectivity index (χ3n) is 12.7. The first-order valence-electron chi connectivity index (χ1n) is 22.0. The van der Waals surface area contributed by atoms with Crippen molar-refractivity contribution in [3.63, 3.8) is 0 Å². The molecule has 4 fully saturated rings. The van der Waals surface area contributed by atoms with Crippen LogP contribution < -0.4 is 30.3 Å². The molecule has 3 saturated heterocycles. The van der Waals surface area contributed by atoms with E-state index in [-0.39, 0.29) is 41.9 Å². The van der Waals surface area contributed by atoms with Gasteiger partial charge < -0.3 is 34.5 Å². The molecule has 336 valence electrons. The number of nitrogens with two attached hydrogens (primary N) is 1. The van der Waals surface area contributed by atoms with Crippen LogP contribution in [0.1, 0.15) is 50.0 Å². The van der Waals surface area contributed by atoms with Crippen LogP contribution in [0.2, 0.25) is 0 Å². The Morgan fingerprint density at radius 1 is 0.859 bits per heavy atom.